The first-order valence-corrected chi connectivity index (χ1v) is 7.80. The zero-order valence-electron chi connectivity index (χ0n) is 12.5. The molecule has 1 aliphatic heterocycles. The van der Waals surface area contributed by atoms with Crippen molar-refractivity contribution in [3.05, 3.63) is 35.9 Å². The number of aromatic nitrogens is 1. The summed E-state index contributed by atoms with van der Waals surface area (Å²) in [4.78, 5) is 30.0. The SMILES string of the molecule is O=C(NC1CC1)c1cc(N2CC(C(=O)O)C2)nc2ccccc12. The maximum atomic E-state index is 12.5. The Morgan fingerprint density at radius 3 is 2.65 bits per heavy atom. The molecular weight excluding hydrogens is 294 g/mol. The number of hydrogen-bond acceptors (Lipinski definition) is 4. The lowest BCUT2D eigenvalue weighted by Gasteiger charge is -2.37. The first kappa shape index (κ1) is 14.0. The predicted molar refractivity (Wildman–Crippen MR) is 85.6 cm³/mol. The van der Waals surface area contributed by atoms with Gasteiger partial charge in [-0.1, -0.05) is 18.2 Å². The number of pyridine rings is 1. The summed E-state index contributed by atoms with van der Waals surface area (Å²) in [5.74, 6) is -0.550. The summed E-state index contributed by atoms with van der Waals surface area (Å²) < 4.78 is 0. The third-order valence-electron chi connectivity index (χ3n) is 4.41. The molecule has 1 saturated heterocycles. The highest BCUT2D eigenvalue weighted by atomic mass is 16.4. The van der Waals surface area contributed by atoms with Gasteiger partial charge in [0.2, 0.25) is 0 Å². The fourth-order valence-electron chi connectivity index (χ4n) is 2.82. The molecule has 1 saturated carbocycles. The van der Waals surface area contributed by atoms with E-state index in [2.05, 4.69) is 10.3 Å². The van der Waals surface area contributed by atoms with E-state index in [1.165, 1.54) is 0 Å². The number of carbonyl (C=O) groups is 2. The highest BCUT2D eigenvalue weighted by Crippen LogP contribution is 2.28. The molecule has 2 fully saturated rings. The van der Waals surface area contributed by atoms with Gasteiger partial charge in [-0.05, 0) is 25.0 Å². The van der Waals surface area contributed by atoms with Crippen LogP contribution in [0.3, 0.4) is 0 Å². The number of amides is 1. The van der Waals surface area contributed by atoms with Crippen LogP contribution in [-0.2, 0) is 4.79 Å². The van der Waals surface area contributed by atoms with Crippen molar-refractivity contribution in [3.8, 4) is 0 Å². The van der Waals surface area contributed by atoms with E-state index in [1.54, 1.807) is 6.07 Å². The summed E-state index contributed by atoms with van der Waals surface area (Å²) in [6.07, 6.45) is 2.07. The summed E-state index contributed by atoms with van der Waals surface area (Å²) >= 11 is 0. The third kappa shape index (κ3) is 2.60. The Labute approximate surface area is 133 Å². The van der Waals surface area contributed by atoms with E-state index in [-0.39, 0.29) is 11.8 Å². The number of fused-ring (bicyclic) bond motifs is 1. The lowest BCUT2D eigenvalue weighted by Crippen LogP contribution is -2.50. The monoisotopic (exact) mass is 311 g/mol. The van der Waals surface area contributed by atoms with E-state index in [4.69, 9.17) is 5.11 Å². The van der Waals surface area contributed by atoms with Crippen LogP contribution in [0.1, 0.15) is 23.2 Å². The normalized spacial score (nSPS) is 17.8. The average molecular weight is 311 g/mol. The van der Waals surface area contributed by atoms with Gasteiger partial charge in [0.05, 0.1) is 17.0 Å². The summed E-state index contributed by atoms with van der Waals surface area (Å²) in [5, 5.41) is 12.8. The molecule has 1 aromatic carbocycles. The smallest absolute Gasteiger partial charge is 0.310 e. The molecule has 0 spiro atoms. The molecular formula is C17H17N3O3. The molecule has 2 heterocycles. The summed E-state index contributed by atoms with van der Waals surface area (Å²) in [6, 6.07) is 9.61. The molecule has 4 rings (SSSR count). The second kappa shape index (κ2) is 5.22. The van der Waals surface area contributed by atoms with Gasteiger partial charge in [-0.15, -0.1) is 0 Å². The first-order valence-electron chi connectivity index (χ1n) is 7.80. The Morgan fingerprint density at radius 2 is 1.96 bits per heavy atom. The first-order chi connectivity index (χ1) is 11.1. The topological polar surface area (TPSA) is 82.5 Å². The second-order valence-electron chi connectivity index (χ2n) is 6.23. The Morgan fingerprint density at radius 1 is 1.22 bits per heavy atom. The zero-order valence-corrected chi connectivity index (χ0v) is 12.5. The van der Waals surface area contributed by atoms with Gasteiger partial charge in [-0.25, -0.2) is 4.98 Å². The number of carbonyl (C=O) groups excluding carboxylic acids is 1. The number of carboxylic acid groups (broad SMARTS) is 1. The van der Waals surface area contributed by atoms with E-state index in [0.29, 0.717) is 30.5 Å². The van der Waals surface area contributed by atoms with E-state index in [0.717, 1.165) is 23.7 Å². The van der Waals surface area contributed by atoms with Gasteiger partial charge in [0.1, 0.15) is 5.82 Å². The van der Waals surface area contributed by atoms with Crippen molar-refractivity contribution in [3.63, 3.8) is 0 Å². The average Bonchev–Trinajstić information content (AvgIpc) is 3.28. The highest BCUT2D eigenvalue weighted by Gasteiger charge is 2.34. The van der Waals surface area contributed by atoms with Crippen LogP contribution in [0.4, 0.5) is 5.82 Å². The maximum Gasteiger partial charge on any atom is 0.310 e. The highest BCUT2D eigenvalue weighted by molar-refractivity contribution is 6.07. The fourth-order valence-corrected chi connectivity index (χ4v) is 2.82. The van der Waals surface area contributed by atoms with Gasteiger partial charge in [-0.3, -0.25) is 9.59 Å². The van der Waals surface area contributed by atoms with Crippen LogP contribution in [0.15, 0.2) is 30.3 Å². The van der Waals surface area contributed by atoms with Gasteiger partial charge in [0.25, 0.3) is 5.91 Å². The molecule has 23 heavy (non-hydrogen) atoms. The number of benzene rings is 1. The predicted octanol–water partition coefficient (Wildman–Crippen LogP) is 1.65. The van der Waals surface area contributed by atoms with Gasteiger partial charge >= 0.3 is 5.97 Å². The minimum atomic E-state index is -0.784. The molecule has 0 unspecified atom stereocenters. The quantitative estimate of drug-likeness (QED) is 0.897. The number of rotatable bonds is 4. The lowest BCUT2D eigenvalue weighted by molar-refractivity contribution is -0.142. The molecule has 0 bridgehead atoms. The van der Waals surface area contributed by atoms with Crippen LogP contribution in [0, 0.1) is 5.92 Å². The molecule has 1 aliphatic carbocycles. The summed E-state index contributed by atoms with van der Waals surface area (Å²) in [5.41, 5.74) is 1.36. The fraction of sp³-hybridized carbons (Fsp3) is 0.353. The molecule has 1 amide bonds. The van der Waals surface area contributed by atoms with Crippen molar-refractivity contribution in [2.45, 2.75) is 18.9 Å². The van der Waals surface area contributed by atoms with Gasteiger partial charge in [0, 0.05) is 24.5 Å². The molecule has 2 aromatic rings. The number of aliphatic carboxylic acids is 1. The largest absolute Gasteiger partial charge is 0.481 e. The van der Waals surface area contributed by atoms with Crippen LogP contribution in [0.25, 0.3) is 10.9 Å². The van der Waals surface area contributed by atoms with E-state index in [9.17, 15) is 9.59 Å². The molecule has 118 valence electrons. The Kier molecular flexibility index (Phi) is 3.18. The Hall–Kier alpha value is -2.63. The van der Waals surface area contributed by atoms with Crippen LogP contribution >= 0.6 is 0 Å². The third-order valence-corrected chi connectivity index (χ3v) is 4.41. The van der Waals surface area contributed by atoms with Gasteiger partial charge in [-0.2, -0.15) is 0 Å². The van der Waals surface area contributed by atoms with Crippen LogP contribution in [0.2, 0.25) is 0 Å². The lowest BCUT2D eigenvalue weighted by atomic mass is 10.00. The van der Waals surface area contributed by atoms with Gasteiger partial charge in [0.15, 0.2) is 0 Å². The van der Waals surface area contributed by atoms with E-state index < -0.39 is 5.97 Å². The van der Waals surface area contributed by atoms with Crippen molar-refractivity contribution in [2.24, 2.45) is 5.92 Å². The molecule has 2 N–H and O–H groups in total. The van der Waals surface area contributed by atoms with Crippen molar-refractivity contribution in [2.75, 3.05) is 18.0 Å². The van der Waals surface area contributed by atoms with E-state index >= 15 is 0 Å². The standard InChI is InChI=1S/C17H17N3O3/c21-16(18-11-5-6-11)13-7-15(20-8-10(9-20)17(22)23)19-14-4-2-1-3-12(13)14/h1-4,7,10-11H,5-6,8-9H2,(H,18,21)(H,22,23). The van der Waals surface area contributed by atoms with Crippen LogP contribution in [-0.4, -0.2) is 41.1 Å². The van der Waals surface area contributed by atoms with Crippen molar-refractivity contribution in [1.29, 1.82) is 0 Å². The van der Waals surface area contributed by atoms with Crippen LogP contribution in [0.5, 0.6) is 0 Å². The summed E-state index contributed by atoms with van der Waals surface area (Å²) in [6.45, 7) is 0.870. The molecule has 6 nitrogen and oxygen atoms in total. The molecule has 2 aliphatic rings. The van der Waals surface area contributed by atoms with Crippen molar-refractivity contribution < 1.29 is 14.7 Å². The van der Waals surface area contributed by atoms with Crippen molar-refractivity contribution in [1.82, 2.24) is 10.3 Å². The summed E-state index contributed by atoms with van der Waals surface area (Å²) in [7, 11) is 0. The Balaban J connectivity index is 1.69. The van der Waals surface area contributed by atoms with Crippen LogP contribution < -0.4 is 10.2 Å². The van der Waals surface area contributed by atoms with E-state index in [1.807, 2.05) is 29.2 Å². The number of nitrogens with one attached hydrogen (secondary N) is 1. The van der Waals surface area contributed by atoms with Gasteiger partial charge < -0.3 is 15.3 Å². The number of hydrogen-bond donors (Lipinski definition) is 2. The molecule has 6 heteroatoms. The second-order valence-corrected chi connectivity index (χ2v) is 6.23. The molecule has 0 radical (unpaired) electrons. The number of carboxylic acids is 1. The minimum Gasteiger partial charge on any atom is -0.481 e. The number of nitrogens with zero attached hydrogens (tertiary/aromatic N) is 2. The maximum absolute atomic E-state index is 12.5. The number of anilines is 1. The molecule has 1 aromatic heterocycles. The Bertz CT molecular complexity index is 795. The minimum absolute atomic E-state index is 0.0809. The number of para-hydroxylation sites is 1. The molecule has 0 atom stereocenters. The zero-order chi connectivity index (χ0) is 16.0. The van der Waals surface area contributed by atoms with Crippen molar-refractivity contribution >= 4 is 28.6 Å².